The summed E-state index contributed by atoms with van der Waals surface area (Å²) in [7, 11) is 2.85. The number of methoxy groups -OCH3 is 2. The molecule has 1 aromatic carbocycles. The van der Waals surface area contributed by atoms with Gasteiger partial charge in [-0.05, 0) is 31.5 Å². The smallest absolute Gasteiger partial charge is 0.407 e. The molecule has 1 rings (SSSR count). The number of carbonyl (C=O) groups is 2. The van der Waals surface area contributed by atoms with E-state index in [-0.39, 0.29) is 0 Å². The highest BCUT2D eigenvalue weighted by atomic mass is 16.5. The fourth-order valence-corrected chi connectivity index (χ4v) is 1.04. The third kappa shape index (κ3) is 11.3. The Morgan fingerprint density at radius 3 is 2.14 bits per heavy atom. The number of rotatable bonds is 3. The lowest BCUT2D eigenvalue weighted by Gasteiger charge is -2.06. The Morgan fingerprint density at radius 2 is 1.81 bits per heavy atom. The number of ether oxygens (including phenoxy) is 2. The lowest BCUT2D eigenvalue weighted by atomic mass is 10.2. The van der Waals surface area contributed by atoms with E-state index in [4.69, 9.17) is 9.84 Å². The van der Waals surface area contributed by atoms with Gasteiger partial charge in [0.15, 0.2) is 0 Å². The monoisotopic (exact) mass is 299 g/mol. The van der Waals surface area contributed by atoms with E-state index in [0.29, 0.717) is 0 Å². The van der Waals surface area contributed by atoms with Crippen LogP contribution in [-0.2, 0) is 9.53 Å². The summed E-state index contributed by atoms with van der Waals surface area (Å²) in [4.78, 5) is 20.4. The SMILES string of the molecule is CC.COC(=O)NC(C)C(=O)O.COc1cccc(C)c1. The summed E-state index contributed by atoms with van der Waals surface area (Å²) in [5.74, 6) is -0.166. The van der Waals surface area contributed by atoms with Crippen molar-refractivity contribution >= 4 is 12.1 Å². The van der Waals surface area contributed by atoms with Crippen LogP contribution < -0.4 is 10.1 Å². The van der Waals surface area contributed by atoms with Crippen molar-refractivity contribution in [2.45, 2.75) is 33.7 Å². The molecule has 0 aliphatic rings. The molecule has 0 spiro atoms. The number of carboxylic acids is 1. The summed E-state index contributed by atoms with van der Waals surface area (Å²) in [5, 5.41) is 10.3. The van der Waals surface area contributed by atoms with E-state index >= 15 is 0 Å². The maximum atomic E-state index is 10.3. The highest BCUT2D eigenvalue weighted by Crippen LogP contribution is 2.10. The number of aryl methyl sites for hydroxylation is 1. The van der Waals surface area contributed by atoms with Gasteiger partial charge in [0.05, 0.1) is 14.2 Å². The molecule has 1 atom stereocenters. The van der Waals surface area contributed by atoms with Crippen molar-refractivity contribution < 1.29 is 24.2 Å². The van der Waals surface area contributed by atoms with Crippen LogP contribution in [0.2, 0.25) is 0 Å². The van der Waals surface area contributed by atoms with E-state index in [1.54, 1.807) is 7.11 Å². The molecule has 6 nitrogen and oxygen atoms in total. The van der Waals surface area contributed by atoms with E-state index in [1.807, 2.05) is 45.0 Å². The molecule has 0 saturated heterocycles. The average molecular weight is 299 g/mol. The summed E-state index contributed by atoms with van der Waals surface area (Å²) in [5.41, 5.74) is 1.23. The van der Waals surface area contributed by atoms with Crippen LogP contribution in [0.3, 0.4) is 0 Å². The Kier molecular flexibility index (Phi) is 12.8. The summed E-state index contributed by atoms with van der Waals surface area (Å²) >= 11 is 0. The second-order valence-electron chi connectivity index (χ2n) is 3.72. The number of alkyl carbamates (subject to hydrolysis) is 1. The fourth-order valence-electron chi connectivity index (χ4n) is 1.04. The van der Waals surface area contributed by atoms with E-state index < -0.39 is 18.1 Å². The van der Waals surface area contributed by atoms with Crippen LogP contribution in [0.15, 0.2) is 24.3 Å². The van der Waals surface area contributed by atoms with Gasteiger partial charge >= 0.3 is 12.1 Å². The van der Waals surface area contributed by atoms with Gasteiger partial charge in [-0.1, -0.05) is 26.0 Å². The Balaban J connectivity index is 0. The molecule has 0 heterocycles. The van der Waals surface area contributed by atoms with E-state index in [2.05, 4.69) is 10.1 Å². The van der Waals surface area contributed by atoms with Gasteiger partial charge in [-0.25, -0.2) is 4.79 Å². The number of amides is 1. The predicted molar refractivity (Wildman–Crippen MR) is 81.7 cm³/mol. The summed E-state index contributed by atoms with van der Waals surface area (Å²) < 4.78 is 9.15. The van der Waals surface area contributed by atoms with Crippen molar-refractivity contribution in [2.75, 3.05) is 14.2 Å². The molecule has 120 valence electrons. The topological polar surface area (TPSA) is 84.9 Å². The van der Waals surface area contributed by atoms with Gasteiger partial charge < -0.3 is 19.9 Å². The molecule has 21 heavy (non-hydrogen) atoms. The third-order valence-corrected chi connectivity index (χ3v) is 2.12. The van der Waals surface area contributed by atoms with Crippen LogP contribution in [0, 0.1) is 6.92 Å². The van der Waals surface area contributed by atoms with Gasteiger partial charge in [-0.3, -0.25) is 4.79 Å². The Hall–Kier alpha value is -2.24. The van der Waals surface area contributed by atoms with Gasteiger partial charge in [0.25, 0.3) is 0 Å². The number of carbonyl (C=O) groups excluding carboxylic acids is 1. The lowest BCUT2D eigenvalue weighted by molar-refractivity contribution is -0.138. The van der Waals surface area contributed by atoms with Crippen molar-refractivity contribution in [3.05, 3.63) is 29.8 Å². The molecule has 0 bridgehead atoms. The van der Waals surface area contributed by atoms with Crippen LogP contribution in [0.4, 0.5) is 4.79 Å². The number of benzene rings is 1. The summed E-state index contributed by atoms with van der Waals surface area (Å²) in [6.45, 7) is 7.39. The molecule has 0 aromatic heterocycles. The summed E-state index contributed by atoms with van der Waals surface area (Å²) in [6.07, 6.45) is -0.741. The van der Waals surface area contributed by atoms with Gasteiger partial charge in [0.1, 0.15) is 11.8 Å². The number of nitrogens with one attached hydrogen (secondary N) is 1. The molecule has 0 fully saturated rings. The number of aliphatic carboxylic acids is 1. The largest absolute Gasteiger partial charge is 0.497 e. The molecule has 1 unspecified atom stereocenters. The quantitative estimate of drug-likeness (QED) is 0.896. The van der Waals surface area contributed by atoms with Crippen LogP contribution in [-0.4, -0.2) is 37.4 Å². The normalized spacial score (nSPS) is 9.81. The van der Waals surface area contributed by atoms with Gasteiger partial charge in [0, 0.05) is 0 Å². The first-order chi connectivity index (χ1) is 9.90. The molecule has 0 aliphatic heterocycles. The highest BCUT2D eigenvalue weighted by Gasteiger charge is 2.12. The number of hydrogen-bond acceptors (Lipinski definition) is 4. The van der Waals surface area contributed by atoms with E-state index in [9.17, 15) is 9.59 Å². The Morgan fingerprint density at radius 1 is 1.24 bits per heavy atom. The van der Waals surface area contributed by atoms with Crippen LogP contribution in [0.25, 0.3) is 0 Å². The zero-order valence-corrected chi connectivity index (χ0v) is 13.5. The molecule has 6 heteroatoms. The molecule has 0 radical (unpaired) electrons. The van der Waals surface area contributed by atoms with Crippen LogP contribution in [0.5, 0.6) is 5.75 Å². The minimum absolute atomic E-state index is 0.741. The van der Waals surface area contributed by atoms with Gasteiger partial charge in [0.2, 0.25) is 0 Å². The Bertz CT molecular complexity index is 420. The van der Waals surface area contributed by atoms with Crippen molar-refractivity contribution in [1.82, 2.24) is 5.32 Å². The first kappa shape index (κ1) is 21.1. The van der Waals surface area contributed by atoms with Crippen molar-refractivity contribution in [1.29, 1.82) is 0 Å². The van der Waals surface area contributed by atoms with Crippen LogP contribution >= 0.6 is 0 Å². The predicted octanol–water partition coefficient (Wildman–Crippen LogP) is 2.85. The van der Waals surface area contributed by atoms with E-state index in [1.165, 1.54) is 19.6 Å². The molecule has 1 amide bonds. The molecule has 0 aliphatic carbocycles. The third-order valence-electron chi connectivity index (χ3n) is 2.12. The molecule has 1 aromatic rings. The minimum Gasteiger partial charge on any atom is -0.497 e. The lowest BCUT2D eigenvalue weighted by Crippen LogP contribution is -2.38. The van der Waals surface area contributed by atoms with Crippen LogP contribution in [0.1, 0.15) is 26.3 Å². The zero-order chi connectivity index (χ0) is 16.8. The maximum Gasteiger partial charge on any atom is 0.407 e. The number of carboxylic acid groups (broad SMARTS) is 1. The van der Waals surface area contributed by atoms with Gasteiger partial charge in [-0.2, -0.15) is 0 Å². The Labute approximate surface area is 126 Å². The second-order valence-corrected chi connectivity index (χ2v) is 3.72. The van der Waals surface area contributed by atoms with Crippen molar-refractivity contribution in [3.8, 4) is 5.75 Å². The highest BCUT2D eigenvalue weighted by molar-refractivity contribution is 5.79. The fraction of sp³-hybridized carbons (Fsp3) is 0.467. The second kappa shape index (κ2) is 12.8. The molecular formula is C15H25NO5. The first-order valence-electron chi connectivity index (χ1n) is 6.58. The average Bonchev–Trinajstić information content (AvgIpc) is 2.49. The van der Waals surface area contributed by atoms with Crippen molar-refractivity contribution in [3.63, 3.8) is 0 Å². The first-order valence-corrected chi connectivity index (χ1v) is 6.58. The standard InChI is InChI=1S/C8H10O.C5H9NO4.C2H6/c1-7-4-3-5-8(6-7)9-2;1-3(4(7)8)6-5(9)10-2;1-2/h3-6H,1-2H3;3H,1-2H3,(H,6,9)(H,7,8);1-2H3. The molecule has 0 saturated carbocycles. The molecule has 2 N–H and O–H groups in total. The number of hydrogen-bond donors (Lipinski definition) is 2. The zero-order valence-electron chi connectivity index (χ0n) is 13.5. The molecular weight excluding hydrogens is 274 g/mol. The van der Waals surface area contributed by atoms with Gasteiger partial charge in [-0.15, -0.1) is 0 Å². The van der Waals surface area contributed by atoms with E-state index in [0.717, 1.165) is 5.75 Å². The summed E-state index contributed by atoms with van der Waals surface area (Å²) in [6, 6.07) is 7.05. The maximum absolute atomic E-state index is 10.3. The minimum atomic E-state index is -1.09. The van der Waals surface area contributed by atoms with Crippen molar-refractivity contribution in [2.24, 2.45) is 0 Å².